The molecule has 0 aromatic heterocycles. The van der Waals surface area contributed by atoms with Gasteiger partial charge in [-0.25, -0.2) is 4.39 Å². The Balaban J connectivity index is 2.23. The maximum Gasteiger partial charge on any atom is 0.416 e. The van der Waals surface area contributed by atoms with Crippen molar-refractivity contribution in [1.82, 2.24) is 0 Å². The van der Waals surface area contributed by atoms with Crippen LogP contribution in [0.2, 0.25) is 0 Å². The first-order valence-electron chi connectivity index (χ1n) is 5.80. The molecule has 0 unspecified atom stereocenters. The Morgan fingerprint density at radius 1 is 1.10 bits per heavy atom. The van der Waals surface area contributed by atoms with Crippen molar-refractivity contribution in [2.24, 2.45) is 0 Å². The van der Waals surface area contributed by atoms with Gasteiger partial charge in [0.25, 0.3) is 5.91 Å². The lowest BCUT2D eigenvalue weighted by Gasteiger charge is -2.10. The van der Waals surface area contributed by atoms with Gasteiger partial charge >= 0.3 is 6.18 Å². The summed E-state index contributed by atoms with van der Waals surface area (Å²) in [5, 5.41) is 2.26. The molecule has 3 N–H and O–H groups in total. The van der Waals surface area contributed by atoms with Gasteiger partial charge in [-0.05, 0) is 36.4 Å². The van der Waals surface area contributed by atoms with Crippen LogP contribution in [-0.2, 0) is 6.18 Å². The molecule has 0 fully saturated rings. The highest BCUT2D eigenvalue weighted by Gasteiger charge is 2.30. The number of anilines is 2. The van der Waals surface area contributed by atoms with Crippen LogP contribution in [0.25, 0.3) is 0 Å². The quantitative estimate of drug-likeness (QED) is 0.656. The second kappa shape index (κ2) is 5.43. The van der Waals surface area contributed by atoms with Crippen molar-refractivity contribution in [3.05, 3.63) is 59.4 Å². The lowest BCUT2D eigenvalue weighted by molar-refractivity contribution is -0.137. The van der Waals surface area contributed by atoms with Crippen molar-refractivity contribution < 1.29 is 22.4 Å². The van der Waals surface area contributed by atoms with Gasteiger partial charge in [-0.3, -0.25) is 4.79 Å². The molecule has 1 amide bonds. The average molecular weight is 298 g/mol. The van der Waals surface area contributed by atoms with Crippen molar-refractivity contribution in [3.8, 4) is 0 Å². The Morgan fingerprint density at radius 2 is 1.81 bits per heavy atom. The highest BCUT2D eigenvalue weighted by atomic mass is 19.4. The summed E-state index contributed by atoms with van der Waals surface area (Å²) in [6, 6.07) is 7.34. The van der Waals surface area contributed by atoms with Gasteiger partial charge < -0.3 is 11.1 Å². The summed E-state index contributed by atoms with van der Waals surface area (Å²) in [6.07, 6.45) is -4.51. The van der Waals surface area contributed by atoms with Crippen LogP contribution < -0.4 is 11.1 Å². The first-order valence-corrected chi connectivity index (χ1v) is 5.80. The molecule has 0 aliphatic carbocycles. The number of nitrogens with one attached hydrogen (secondary N) is 1. The van der Waals surface area contributed by atoms with E-state index in [4.69, 9.17) is 5.73 Å². The van der Waals surface area contributed by atoms with Gasteiger partial charge in [0.2, 0.25) is 0 Å². The van der Waals surface area contributed by atoms with E-state index < -0.39 is 23.5 Å². The van der Waals surface area contributed by atoms with E-state index in [1.165, 1.54) is 18.2 Å². The van der Waals surface area contributed by atoms with Gasteiger partial charge in [0, 0.05) is 16.9 Å². The number of carbonyl (C=O) groups is 1. The van der Waals surface area contributed by atoms with Gasteiger partial charge in [0.05, 0.1) is 5.56 Å². The molecule has 0 bridgehead atoms. The number of alkyl halides is 3. The maximum absolute atomic E-state index is 13.1. The molecule has 0 saturated carbocycles. The third kappa shape index (κ3) is 3.71. The zero-order chi connectivity index (χ0) is 15.6. The lowest BCUT2D eigenvalue weighted by atomic mass is 10.1. The molecule has 21 heavy (non-hydrogen) atoms. The fourth-order valence-corrected chi connectivity index (χ4v) is 1.72. The highest BCUT2D eigenvalue weighted by molar-refractivity contribution is 6.04. The zero-order valence-corrected chi connectivity index (χ0v) is 10.5. The fraction of sp³-hybridized carbons (Fsp3) is 0.0714. The standard InChI is InChI=1S/C14H10F4N2O/c15-10-4-8(5-11(19)7-10)13(21)20-12-3-1-2-9(6-12)14(16,17)18/h1-7H,19H2,(H,20,21). The summed E-state index contributed by atoms with van der Waals surface area (Å²) in [4.78, 5) is 11.9. The molecule has 0 atom stereocenters. The smallest absolute Gasteiger partial charge is 0.399 e. The Kier molecular flexibility index (Phi) is 3.84. The summed E-state index contributed by atoms with van der Waals surface area (Å²) in [7, 11) is 0. The van der Waals surface area contributed by atoms with E-state index in [0.29, 0.717) is 0 Å². The molecule has 0 spiro atoms. The van der Waals surface area contributed by atoms with E-state index in [0.717, 1.165) is 24.3 Å². The number of rotatable bonds is 2. The predicted octanol–water partition coefficient (Wildman–Crippen LogP) is 3.68. The first kappa shape index (κ1) is 14.8. The summed E-state index contributed by atoms with van der Waals surface area (Å²) in [6.45, 7) is 0. The van der Waals surface area contributed by atoms with E-state index >= 15 is 0 Å². The Bertz CT molecular complexity index is 663. The summed E-state index contributed by atoms with van der Waals surface area (Å²) in [5.41, 5.74) is 4.44. The van der Waals surface area contributed by atoms with Gasteiger partial charge in [0.15, 0.2) is 0 Å². The number of carbonyl (C=O) groups excluding carboxylic acids is 1. The average Bonchev–Trinajstić information content (AvgIpc) is 2.37. The fourth-order valence-electron chi connectivity index (χ4n) is 1.72. The van der Waals surface area contributed by atoms with Gasteiger partial charge in [-0.2, -0.15) is 13.2 Å². The normalized spacial score (nSPS) is 11.2. The van der Waals surface area contributed by atoms with Crippen LogP contribution >= 0.6 is 0 Å². The van der Waals surface area contributed by atoms with Crippen molar-refractivity contribution in [2.45, 2.75) is 6.18 Å². The minimum Gasteiger partial charge on any atom is -0.399 e. The molecule has 110 valence electrons. The van der Waals surface area contributed by atoms with Crippen molar-refractivity contribution in [3.63, 3.8) is 0 Å². The van der Waals surface area contributed by atoms with Gasteiger partial charge in [0.1, 0.15) is 5.82 Å². The summed E-state index contributed by atoms with van der Waals surface area (Å²) in [5.74, 6) is -1.45. The van der Waals surface area contributed by atoms with Crippen LogP contribution in [0.5, 0.6) is 0 Å². The first-order chi connectivity index (χ1) is 9.75. The largest absolute Gasteiger partial charge is 0.416 e. The monoisotopic (exact) mass is 298 g/mol. The summed E-state index contributed by atoms with van der Waals surface area (Å²) >= 11 is 0. The van der Waals surface area contributed by atoms with E-state index in [1.807, 2.05) is 0 Å². The molecule has 7 heteroatoms. The second-order valence-electron chi connectivity index (χ2n) is 4.31. The third-order valence-corrected chi connectivity index (χ3v) is 2.63. The van der Waals surface area contributed by atoms with E-state index in [2.05, 4.69) is 5.32 Å². The molecule has 2 rings (SSSR count). The van der Waals surface area contributed by atoms with Gasteiger partial charge in [-0.1, -0.05) is 6.07 Å². The molecule has 2 aromatic carbocycles. The highest BCUT2D eigenvalue weighted by Crippen LogP contribution is 2.30. The molecule has 0 saturated heterocycles. The Hall–Kier alpha value is -2.57. The number of amides is 1. The van der Waals surface area contributed by atoms with Crippen molar-refractivity contribution in [1.29, 1.82) is 0 Å². The number of hydrogen-bond donors (Lipinski definition) is 2. The van der Waals surface area contributed by atoms with Crippen LogP contribution in [0.3, 0.4) is 0 Å². The number of halogens is 4. The predicted molar refractivity (Wildman–Crippen MR) is 70.2 cm³/mol. The van der Waals surface area contributed by atoms with Crippen molar-refractivity contribution in [2.75, 3.05) is 11.1 Å². The number of nitrogen functional groups attached to an aromatic ring is 1. The molecule has 0 aliphatic heterocycles. The number of hydrogen-bond acceptors (Lipinski definition) is 2. The lowest BCUT2D eigenvalue weighted by Crippen LogP contribution is -2.13. The molecule has 3 nitrogen and oxygen atoms in total. The van der Waals surface area contributed by atoms with Crippen LogP contribution in [0.15, 0.2) is 42.5 Å². The minimum absolute atomic E-state index is 0.0438. The molecular weight excluding hydrogens is 288 g/mol. The van der Waals surface area contributed by atoms with Crippen molar-refractivity contribution >= 4 is 17.3 Å². The second-order valence-corrected chi connectivity index (χ2v) is 4.31. The van der Waals surface area contributed by atoms with Crippen LogP contribution in [0.4, 0.5) is 28.9 Å². The minimum atomic E-state index is -4.51. The molecule has 0 aliphatic rings. The Morgan fingerprint density at radius 3 is 2.43 bits per heavy atom. The zero-order valence-electron chi connectivity index (χ0n) is 10.5. The van der Waals surface area contributed by atoms with E-state index in [-0.39, 0.29) is 16.9 Å². The Labute approximate surface area is 117 Å². The number of nitrogens with two attached hydrogens (primary N) is 1. The topological polar surface area (TPSA) is 55.1 Å². The third-order valence-electron chi connectivity index (χ3n) is 2.63. The van der Waals surface area contributed by atoms with Crippen LogP contribution in [-0.4, -0.2) is 5.91 Å². The molecule has 0 radical (unpaired) electrons. The van der Waals surface area contributed by atoms with Gasteiger partial charge in [-0.15, -0.1) is 0 Å². The van der Waals surface area contributed by atoms with E-state index in [9.17, 15) is 22.4 Å². The maximum atomic E-state index is 13.1. The SMILES string of the molecule is Nc1cc(F)cc(C(=O)Nc2cccc(C(F)(F)F)c2)c1. The van der Waals surface area contributed by atoms with E-state index in [1.54, 1.807) is 0 Å². The molecule has 2 aromatic rings. The summed E-state index contributed by atoms with van der Waals surface area (Å²) < 4.78 is 50.8. The van der Waals surface area contributed by atoms with Crippen LogP contribution in [0, 0.1) is 5.82 Å². The molecule has 0 heterocycles. The molecular formula is C14H10F4N2O. The number of benzene rings is 2. The van der Waals surface area contributed by atoms with Crippen LogP contribution in [0.1, 0.15) is 15.9 Å².